The second kappa shape index (κ2) is 7.28. The van der Waals surface area contributed by atoms with Crippen LogP contribution in [0, 0.1) is 0 Å². The molecule has 4 rings (SSSR count). The van der Waals surface area contributed by atoms with E-state index in [0.29, 0.717) is 0 Å². The Hall–Kier alpha value is -1.68. The lowest BCUT2D eigenvalue weighted by molar-refractivity contribution is -0.104. The number of nitrogens with one attached hydrogen (secondary N) is 1. The average molecular weight is 339 g/mol. The van der Waals surface area contributed by atoms with E-state index in [0.717, 1.165) is 25.9 Å². The normalized spacial score (nSPS) is 25.4. The predicted molar refractivity (Wildman–Crippen MR) is 98.4 cm³/mol. The number of unbranched alkanes of at least 4 members (excludes halogenated alkanes) is 1. The summed E-state index contributed by atoms with van der Waals surface area (Å²) in [5.74, 6) is 0. The molecule has 4 heteroatoms. The van der Waals surface area contributed by atoms with Crippen LogP contribution in [0.4, 0.5) is 0 Å². The van der Waals surface area contributed by atoms with E-state index >= 15 is 0 Å². The summed E-state index contributed by atoms with van der Waals surface area (Å²) in [4.78, 5) is 4.79. The first kappa shape index (κ1) is 16.8. The van der Waals surface area contributed by atoms with Gasteiger partial charge in [-0.1, -0.05) is 25.3 Å². The van der Waals surface area contributed by atoms with Crippen LogP contribution in [0.1, 0.15) is 69.2 Å². The van der Waals surface area contributed by atoms with Crippen LogP contribution in [-0.4, -0.2) is 27.4 Å². The Kier molecular flexibility index (Phi) is 4.89. The van der Waals surface area contributed by atoms with Crippen LogP contribution < -0.4 is 0 Å². The van der Waals surface area contributed by atoms with E-state index < -0.39 is 0 Å². The first-order valence-corrected chi connectivity index (χ1v) is 9.84. The van der Waals surface area contributed by atoms with E-state index in [4.69, 9.17) is 9.72 Å². The van der Waals surface area contributed by atoms with Crippen LogP contribution in [0.2, 0.25) is 0 Å². The second-order valence-electron chi connectivity index (χ2n) is 7.95. The molecule has 1 N–H and O–H groups in total. The van der Waals surface area contributed by atoms with Crippen molar-refractivity contribution in [1.29, 1.82) is 0 Å². The molecule has 25 heavy (non-hydrogen) atoms. The number of pyridine rings is 1. The van der Waals surface area contributed by atoms with Gasteiger partial charge < -0.3 is 4.74 Å². The molecule has 2 aromatic heterocycles. The topological polar surface area (TPSA) is 50.8 Å². The van der Waals surface area contributed by atoms with Crippen molar-refractivity contribution in [2.24, 2.45) is 0 Å². The van der Waals surface area contributed by atoms with Crippen LogP contribution in [0.15, 0.2) is 36.7 Å². The van der Waals surface area contributed by atoms with Crippen molar-refractivity contribution in [2.45, 2.75) is 75.2 Å². The molecule has 1 atom stereocenters. The quantitative estimate of drug-likeness (QED) is 0.784. The molecule has 2 aromatic rings. The molecule has 1 saturated heterocycles. The van der Waals surface area contributed by atoms with Gasteiger partial charge in [-0.3, -0.25) is 10.1 Å². The van der Waals surface area contributed by atoms with Crippen LogP contribution >= 0.6 is 0 Å². The third-order valence-corrected chi connectivity index (χ3v) is 6.28. The lowest BCUT2D eigenvalue weighted by Crippen LogP contribution is -2.46. The van der Waals surface area contributed by atoms with Crippen LogP contribution in [0.5, 0.6) is 0 Å². The summed E-state index contributed by atoms with van der Waals surface area (Å²) in [6.07, 6.45) is 15.9. The Morgan fingerprint density at radius 3 is 2.72 bits per heavy atom. The summed E-state index contributed by atoms with van der Waals surface area (Å²) in [7, 11) is 0. The van der Waals surface area contributed by atoms with Crippen molar-refractivity contribution in [2.75, 3.05) is 6.61 Å². The number of H-pyrrole nitrogens is 1. The van der Waals surface area contributed by atoms with Crippen LogP contribution in [0.3, 0.4) is 0 Å². The zero-order valence-corrected chi connectivity index (χ0v) is 15.0. The molecule has 2 aliphatic rings. The molecule has 2 fully saturated rings. The zero-order chi connectivity index (χ0) is 17.0. The monoisotopic (exact) mass is 339 g/mol. The van der Waals surface area contributed by atoms with Gasteiger partial charge in [0.2, 0.25) is 0 Å². The van der Waals surface area contributed by atoms with Gasteiger partial charge in [-0.2, -0.15) is 5.10 Å². The van der Waals surface area contributed by atoms with Gasteiger partial charge in [0.15, 0.2) is 0 Å². The number of nitrogens with zero attached hydrogens (tertiary/aromatic N) is 2. The number of aromatic nitrogens is 3. The van der Waals surface area contributed by atoms with E-state index in [2.05, 4.69) is 28.4 Å². The maximum Gasteiger partial charge on any atom is 0.0691 e. The van der Waals surface area contributed by atoms with Gasteiger partial charge in [0.25, 0.3) is 0 Å². The number of ether oxygens (including phenoxy) is 1. The van der Waals surface area contributed by atoms with Crippen molar-refractivity contribution in [3.63, 3.8) is 0 Å². The molecule has 0 amide bonds. The molecule has 1 aliphatic heterocycles. The summed E-state index contributed by atoms with van der Waals surface area (Å²) in [5.41, 5.74) is 2.84. The maximum absolute atomic E-state index is 6.33. The standard InChI is InChI=1S/C21H29N3O/c1(7-18-9-15-23-24-18)3-10-20(19-8-2-6-14-22-19)13-16-25-21(17-20)11-4-5-12-21/h2,6,8-9,14-15H,1,3-5,7,10-13,16-17H2,(H,23,24). The van der Waals surface area contributed by atoms with E-state index in [1.165, 1.54) is 56.3 Å². The van der Waals surface area contributed by atoms with E-state index in [1.54, 1.807) is 0 Å². The van der Waals surface area contributed by atoms with Gasteiger partial charge in [-0.25, -0.2) is 0 Å². The largest absolute Gasteiger partial charge is 0.375 e. The highest BCUT2D eigenvalue weighted by Gasteiger charge is 2.48. The minimum Gasteiger partial charge on any atom is -0.375 e. The lowest BCUT2D eigenvalue weighted by Gasteiger charge is -2.46. The number of aromatic amines is 1. The second-order valence-corrected chi connectivity index (χ2v) is 7.95. The molecular formula is C21H29N3O. The third kappa shape index (κ3) is 3.64. The molecule has 4 nitrogen and oxygen atoms in total. The lowest BCUT2D eigenvalue weighted by atomic mass is 9.67. The van der Waals surface area contributed by atoms with E-state index in [9.17, 15) is 0 Å². The van der Waals surface area contributed by atoms with Crippen molar-refractivity contribution in [3.05, 3.63) is 48.0 Å². The van der Waals surface area contributed by atoms with Gasteiger partial charge in [-0.05, 0) is 63.1 Å². The third-order valence-electron chi connectivity index (χ3n) is 6.28. The molecule has 1 unspecified atom stereocenters. The molecule has 1 saturated carbocycles. The van der Waals surface area contributed by atoms with Gasteiger partial charge in [-0.15, -0.1) is 0 Å². The van der Waals surface area contributed by atoms with Crippen LogP contribution in [-0.2, 0) is 16.6 Å². The molecule has 134 valence electrons. The van der Waals surface area contributed by atoms with Crippen molar-refractivity contribution in [3.8, 4) is 0 Å². The van der Waals surface area contributed by atoms with Gasteiger partial charge in [0.05, 0.1) is 5.60 Å². The number of hydrogen-bond donors (Lipinski definition) is 1. The van der Waals surface area contributed by atoms with Crippen molar-refractivity contribution >= 4 is 0 Å². The fourth-order valence-corrected chi connectivity index (χ4v) is 5.00. The fraction of sp³-hybridized carbons (Fsp3) is 0.619. The van der Waals surface area contributed by atoms with Gasteiger partial charge in [0.1, 0.15) is 0 Å². The Morgan fingerprint density at radius 2 is 1.96 bits per heavy atom. The minimum atomic E-state index is 0.124. The minimum absolute atomic E-state index is 0.124. The molecule has 3 heterocycles. The summed E-state index contributed by atoms with van der Waals surface area (Å²) >= 11 is 0. The Bertz CT molecular complexity index is 649. The van der Waals surface area contributed by atoms with Crippen LogP contribution in [0.25, 0.3) is 0 Å². The van der Waals surface area contributed by atoms with Gasteiger partial charge in [0, 0.05) is 35.8 Å². The summed E-state index contributed by atoms with van der Waals surface area (Å²) in [5, 5.41) is 7.12. The Morgan fingerprint density at radius 1 is 1.04 bits per heavy atom. The Labute approximate surface area is 150 Å². The highest BCUT2D eigenvalue weighted by molar-refractivity contribution is 5.20. The highest BCUT2D eigenvalue weighted by atomic mass is 16.5. The molecule has 0 radical (unpaired) electrons. The van der Waals surface area contributed by atoms with Crippen molar-refractivity contribution < 1.29 is 4.74 Å². The zero-order valence-electron chi connectivity index (χ0n) is 15.0. The molecule has 0 bridgehead atoms. The van der Waals surface area contributed by atoms with Crippen molar-refractivity contribution in [1.82, 2.24) is 15.2 Å². The van der Waals surface area contributed by atoms with E-state index in [1.807, 2.05) is 18.5 Å². The van der Waals surface area contributed by atoms with E-state index in [-0.39, 0.29) is 11.0 Å². The summed E-state index contributed by atoms with van der Waals surface area (Å²) < 4.78 is 6.33. The highest BCUT2D eigenvalue weighted by Crippen LogP contribution is 2.50. The summed E-state index contributed by atoms with van der Waals surface area (Å²) in [6.45, 7) is 0.886. The smallest absolute Gasteiger partial charge is 0.0691 e. The SMILES string of the molecule is c1ccc(C2(CCCCc3ccn[nH]3)CCOC3(CCCC3)C2)nc1. The molecule has 1 aliphatic carbocycles. The number of aryl methyl sites for hydroxylation is 1. The first-order chi connectivity index (χ1) is 12.3. The number of hydrogen-bond acceptors (Lipinski definition) is 3. The molecular weight excluding hydrogens is 310 g/mol. The molecule has 1 spiro atoms. The summed E-state index contributed by atoms with van der Waals surface area (Å²) in [6, 6.07) is 8.49. The first-order valence-electron chi connectivity index (χ1n) is 9.84. The average Bonchev–Trinajstić information content (AvgIpc) is 3.32. The Balaban J connectivity index is 1.48. The number of rotatable bonds is 6. The predicted octanol–water partition coefficient (Wildman–Crippen LogP) is 4.58. The fourth-order valence-electron chi connectivity index (χ4n) is 5.00. The molecule has 0 aromatic carbocycles. The maximum atomic E-state index is 6.33. The van der Waals surface area contributed by atoms with Gasteiger partial charge >= 0.3 is 0 Å².